The normalized spacial score (nSPS) is 15.6. The first-order valence-corrected chi connectivity index (χ1v) is 11.7. The van der Waals surface area contributed by atoms with Crippen LogP contribution in [0.4, 0.5) is 10.6 Å². The molecular weight excluding hydrogens is 479 g/mol. The van der Waals surface area contributed by atoms with Crippen LogP contribution >= 0.6 is 23.2 Å². The van der Waals surface area contributed by atoms with E-state index in [1.807, 2.05) is 6.92 Å². The summed E-state index contributed by atoms with van der Waals surface area (Å²) in [5, 5.41) is 15.2. The van der Waals surface area contributed by atoms with Gasteiger partial charge >= 0.3 is 6.09 Å². The van der Waals surface area contributed by atoms with Gasteiger partial charge in [0.15, 0.2) is 5.82 Å². The fourth-order valence-electron chi connectivity index (χ4n) is 4.01. The maximum atomic E-state index is 11.4. The lowest BCUT2D eigenvalue weighted by Crippen LogP contribution is -2.49. The highest BCUT2D eigenvalue weighted by molar-refractivity contribution is 6.43. The van der Waals surface area contributed by atoms with Crippen molar-refractivity contribution in [1.82, 2.24) is 20.6 Å². The lowest BCUT2D eigenvalue weighted by Gasteiger charge is -2.38. The number of halogens is 2. The molecule has 34 heavy (non-hydrogen) atoms. The molecule has 184 valence electrons. The highest BCUT2D eigenvalue weighted by Gasteiger charge is 2.31. The summed E-state index contributed by atoms with van der Waals surface area (Å²) in [6.45, 7) is 7.11. The number of carboxylic acid groups (broad SMARTS) is 1. The third-order valence-corrected chi connectivity index (χ3v) is 6.66. The predicted octanol–water partition coefficient (Wildman–Crippen LogP) is 3.60. The van der Waals surface area contributed by atoms with Gasteiger partial charge in [0.2, 0.25) is 6.41 Å². The molecule has 1 saturated heterocycles. The maximum Gasteiger partial charge on any atom is 0.405 e. The first-order chi connectivity index (χ1) is 15.9. The van der Waals surface area contributed by atoms with Crippen molar-refractivity contribution in [3.05, 3.63) is 39.6 Å². The van der Waals surface area contributed by atoms with E-state index in [0.29, 0.717) is 58.0 Å². The minimum Gasteiger partial charge on any atom is -0.465 e. The fourth-order valence-corrected chi connectivity index (χ4v) is 4.40. The van der Waals surface area contributed by atoms with Gasteiger partial charge in [-0.2, -0.15) is 0 Å². The lowest BCUT2D eigenvalue weighted by atomic mass is 9.91. The molecule has 0 radical (unpaired) electrons. The lowest BCUT2D eigenvalue weighted by molar-refractivity contribution is -0.109. The van der Waals surface area contributed by atoms with Crippen molar-refractivity contribution in [3.63, 3.8) is 0 Å². The van der Waals surface area contributed by atoms with E-state index >= 15 is 0 Å². The zero-order valence-electron chi connectivity index (χ0n) is 19.5. The number of carbonyl (C=O) groups is 2. The zero-order chi connectivity index (χ0) is 25.1. The summed E-state index contributed by atoms with van der Waals surface area (Å²) in [4.78, 5) is 34.4. The van der Waals surface area contributed by atoms with Crippen LogP contribution in [0.5, 0.6) is 0 Å². The summed E-state index contributed by atoms with van der Waals surface area (Å²) in [5.41, 5.74) is 7.43. The van der Waals surface area contributed by atoms with Crippen molar-refractivity contribution >= 4 is 41.5 Å². The summed E-state index contributed by atoms with van der Waals surface area (Å²) in [6.07, 6.45) is 1.28. The van der Waals surface area contributed by atoms with Crippen LogP contribution in [-0.2, 0) is 17.8 Å². The summed E-state index contributed by atoms with van der Waals surface area (Å²) in [5.74, 6) is 0.632. The van der Waals surface area contributed by atoms with Gasteiger partial charge in [0.25, 0.3) is 0 Å². The molecule has 1 aromatic heterocycles. The monoisotopic (exact) mass is 508 g/mol. The highest BCUT2D eigenvalue weighted by atomic mass is 35.5. The van der Waals surface area contributed by atoms with Crippen LogP contribution in [0.25, 0.3) is 11.3 Å². The number of piperidine rings is 1. The molecule has 9 nitrogen and oxygen atoms in total. The van der Waals surface area contributed by atoms with E-state index in [9.17, 15) is 14.7 Å². The van der Waals surface area contributed by atoms with Gasteiger partial charge in [-0.25, -0.2) is 14.8 Å². The van der Waals surface area contributed by atoms with Crippen molar-refractivity contribution in [2.24, 2.45) is 5.73 Å². The number of rotatable bonds is 8. The smallest absolute Gasteiger partial charge is 0.405 e. The molecular formula is C23H30Cl2N6O3. The third-order valence-electron chi connectivity index (χ3n) is 5.84. The van der Waals surface area contributed by atoms with E-state index in [-0.39, 0.29) is 18.5 Å². The van der Waals surface area contributed by atoms with Crippen LogP contribution in [0.1, 0.15) is 45.0 Å². The van der Waals surface area contributed by atoms with E-state index in [1.165, 1.54) is 0 Å². The number of carbonyl (C=O) groups excluding carboxylic acids is 1. The molecule has 1 aliphatic heterocycles. The molecule has 3 rings (SSSR count). The number of nitrogens with two attached hydrogens (primary N) is 1. The summed E-state index contributed by atoms with van der Waals surface area (Å²) in [7, 11) is 0. The van der Waals surface area contributed by atoms with E-state index in [0.717, 1.165) is 12.8 Å². The third kappa shape index (κ3) is 6.28. The van der Waals surface area contributed by atoms with Crippen molar-refractivity contribution < 1.29 is 14.7 Å². The Labute approximate surface area is 209 Å². The summed E-state index contributed by atoms with van der Waals surface area (Å²) < 4.78 is 0. The Hall–Kier alpha value is -2.62. The molecule has 0 saturated carbocycles. The Morgan fingerprint density at radius 1 is 1.26 bits per heavy atom. The Balaban J connectivity index is 2.17. The molecule has 0 bridgehead atoms. The second-order valence-electron chi connectivity index (χ2n) is 9.52. The average molecular weight is 509 g/mol. The molecule has 0 spiro atoms. The minimum atomic E-state index is -1.13. The van der Waals surface area contributed by atoms with E-state index in [2.05, 4.69) is 15.5 Å². The Morgan fingerprint density at radius 3 is 2.56 bits per heavy atom. The number of aromatic nitrogens is 2. The standard InChI is InChI=1S/C23H30Cl2N6O3/c1-22(2,30-21(33)34)11-16-19(14-5-4-6-15(24)18(14)25)28-17(12-27-13-32)20(29-16)31-9-7-23(3,26)8-10-31/h4-6,13,30H,7-12,26H2,1-3H3,(H,27,32)(H,33,34). The number of hydrogen-bond donors (Lipinski definition) is 4. The van der Waals surface area contributed by atoms with Gasteiger partial charge in [-0.05, 0) is 39.7 Å². The molecule has 5 N–H and O–H groups in total. The molecule has 1 fully saturated rings. The van der Waals surface area contributed by atoms with Crippen LogP contribution in [0, 0.1) is 0 Å². The number of benzene rings is 1. The largest absolute Gasteiger partial charge is 0.465 e. The van der Waals surface area contributed by atoms with Crippen LogP contribution in [0.3, 0.4) is 0 Å². The number of nitrogens with zero attached hydrogens (tertiary/aromatic N) is 3. The SMILES string of the molecule is CC1(N)CCN(c2nc(CC(C)(C)NC(=O)O)c(-c3cccc(Cl)c3Cl)nc2CNC=O)CC1. The first kappa shape index (κ1) is 26.0. The van der Waals surface area contributed by atoms with Crippen LogP contribution in [0.2, 0.25) is 10.0 Å². The topological polar surface area (TPSA) is 133 Å². The average Bonchev–Trinajstić information content (AvgIpc) is 2.73. The second kappa shape index (κ2) is 10.3. The zero-order valence-corrected chi connectivity index (χ0v) is 21.0. The van der Waals surface area contributed by atoms with Crippen LogP contribution in [0.15, 0.2) is 18.2 Å². The predicted molar refractivity (Wildman–Crippen MR) is 133 cm³/mol. The Morgan fingerprint density at radius 2 is 1.94 bits per heavy atom. The van der Waals surface area contributed by atoms with E-state index in [4.69, 9.17) is 38.9 Å². The van der Waals surface area contributed by atoms with Crippen LogP contribution < -0.4 is 21.3 Å². The van der Waals surface area contributed by atoms with Gasteiger partial charge in [-0.15, -0.1) is 0 Å². The number of anilines is 1. The van der Waals surface area contributed by atoms with Crippen molar-refractivity contribution in [2.45, 2.75) is 57.7 Å². The Bertz CT molecular complexity index is 1070. The molecule has 1 aliphatic rings. The highest BCUT2D eigenvalue weighted by Crippen LogP contribution is 2.36. The molecule has 1 aromatic carbocycles. The van der Waals surface area contributed by atoms with Crippen LogP contribution in [-0.4, -0.2) is 51.7 Å². The van der Waals surface area contributed by atoms with Gasteiger partial charge in [0.05, 0.1) is 28.0 Å². The fraction of sp³-hybridized carbons (Fsp3) is 0.478. The summed E-state index contributed by atoms with van der Waals surface area (Å²) >= 11 is 12.8. The van der Waals surface area contributed by atoms with Gasteiger partial charge in [-0.1, -0.05) is 35.3 Å². The van der Waals surface area contributed by atoms with E-state index in [1.54, 1.807) is 32.0 Å². The molecule has 0 atom stereocenters. The van der Waals surface area contributed by atoms with Crippen molar-refractivity contribution in [2.75, 3.05) is 18.0 Å². The molecule has 2 amide bonds. The quantitative estimate of drug-likeness (QED) is 0.400. The minimum absolute atomic E-state index is 0.171. The molecule has 0 unspecified atom stereocenters. The van der Waals surface area contributed by atoms with Gasteiger partial charge < -0.3 is 26.4 Å². The second-order valence-corrected chi connectivity index (χ2v) is 10.3. The molecule has 2 heterocycles. The Kier molecular flexibility index (Phi) is 7.90. The summed E-state index contributed by atoms with van der Waals surface area (Å²) in [6, 6.07) is 5.23. The van der Waals surface area contributed by atoms with Gasteiger partial charge in [0.1, 0.15) is 5.69 Å². The molecule has 0 aliphatic carbocycles. The number of hydrogen-bond acceptors (Lipinski definition) is 6. The number of amides is 2. The molecule has 2 aromatic rings. The van der Waals surface area contributed by atoms with Gasteiger partial charge in [-0.3, -0.25) is 4.79 Å². The van der Waals surface area contributed by atoms with E-state index < -0.39 is 11.6 Å². The van der Waals surface area contributed by atoms with Gasteiger partial charge in [0, 0.05) is 36.2 Å². The van der Waals surface area contributed by atoms with Crippen molar-refractivity contribution in [1.29, 1.82) is 0 Å². The first-order valence-electron chi connectivity index (χ1n) is 11.0. The maximum absolute atomic E-state index is 11.4. The molecule has 11 heteroatoms. The number of nitrogens with one attached hydrogen (secondary N) is 2. The van der Waals surface area contributed by atoms with Crippen molar-refractivity contribution in [3.8, 4) is 11.3 Å².